The van der Waals surface area contributed by atoms with Crippen molar-refractivity contribution in [3.63, 3.8) is 0 Å². The third kappa shape index (κ3) is 2.59. The highest BCUT2D eigenvalue weighted by atomic mass is 32.1. The molecule has 1 atom stereocenters. The molecule has 0 amide bonds. The maximum Gasteiger partial charge on any atom is 0.309 e. The van der Waals surface area contributed by atoms with Crippen molar-refractivity contribution in [2.75, 3.05) is 19.6 Å². The molecule has 1 aromatic heterocycles. The highest BCUT2D eigenvalue weighted by Crippen LogP contribution is 2.29. The van der Waals surface area contributed by atoms with E-state index in [9.17, 15) is 4.79 Å². The smallest absolute Gasteiger partial charge is 0.309 e. The molecular weight excluding hydrogens is 224 g/mol. The van der Waals surface area contributed by atoms with Crippen LogP contribution in [0.15, 0.2) is 5.38 Å². The zero-order valence-corrected chi connectivity index (χ0v) is 10.2. The largest absolute Gasteiger partial charge is 0.481 e. The number of carboxylic acids is 1. The third-order valence-electron chi connectivity index (χ3n) is 2.97. The molecule has 0 radical (unpaired) electrons. The van der Waals surface area contributed by atoms with Gasteiger partial charge in [0.25, 0.3) is 0 Å². The topological polar surface area (TPSA) is 53.4 Å². The van der Waals surface area contributed by atoms with E-state index in [0.29, 0.717) is 11.6 Å². The Morgan fingerprint density at radius 3 is 3.19 bits per heavy atom. The molecule has 1 aliphatic heterocycles. The van der Waals surface area contributed by atoms with Crippen molar-refractivity contribution in [3.05, 3.63) is 16.1 Å². The average molecular weight is 240 g/mol. The molecule has 0 spiro atoms. The van der Waals surface area contributed by atoms with Crippen LogP contribution in [0.2, 0.25) is 0 Å². The van der Waals surface area contributed by atoms with Crippen LogP contribution >= 0.6 is 11.3 Å². The van der Waals surface area contributed by atoms with Gasteiger partial charge >= 0.3 is 5.97 Å². The summed E-state index contributed by atoms with van der Waals surface area (Å²) in [6.45, 7) is 5.45. The van der Waals surface area contributed by atoms with Gasteiger partial charge in [-0.1, -0.05) is 6.92 Å². The van der Waals surface area contributed by atoms with Gasteiger partial charge in [-0.15, -0.1) is 11.3 Å². The summed E-state index contributed by atoms with van der Waals surface area (Å²) in [6, 6.07) is 0. The highest BCUT2D eigenvalue weighted by Gasteiger charge is 2.25. The summed E-state index contributed by atoms with van der Waals surface area (Å²) < 4.78 is 0. The number of likely N-dealkylation sites (tertiary alicyclic amines) is 1. The van der Waals surface area contributed by atoms with E-state index in [4.69, 9.17) is 5.11 Å². The third-order valence-corrected chi connectivity index (χ3v) is 4.03. The molecule has 0 bridgehead atoms. The van der Waals surface area contributed by atoms with Gasteiger partial charge in [0.2, 0.25) is 0 Å². The number of hydrogen-bond donors (Lipinski definition) is 1. The number of thiazole rings is 1. The second kappa shape index (κ2) is 4.93. The molecule has 16 heavy (non-hydrogen) atoms. The summed E-state index contributed by atoms with van der Waals surface area (Å²) >= 11 is 1.60. The van der Waals surface area contributed by atoms with Crippen molar-refractivity contribution in [2.45, 2.75) is 25.7 Å². The minimum absolute atomic E-state index is 0.0424. The van der Waals surface area contributed by atoms with E-state index in [0.717, 1.165) is 31.1 Å². The van der Waals surface area contributed by atoms with Gasteiger partial charge in [-0.3, -0.25) is 4.79 Å². The quantitative estimate of drug-likeness (QED) is 0.868. The summed E-state index contributed by atoms with van der Waals surface area (Å²) in [4.78, 5) is 17.4. The minimum Gasteiger partial charge on any atom is -0.481 e. The number of likely N-dealkylation sites (N-methyl/N-ethyl adjacent to an activating group) is 1. The lowest BCUT2D eigenvalue weighted by molar-refractivity contribution is -0.136. The van der Waals surface area contributed by atoms with E-state index < -0.39 is 5.97 Å². The molecule has 2 heterocycles. The highest BCUT2D eigenvalue weighted by molar-refractivity contribution is 7.09. The van der Waals surface area contributed by atoms with Crippen LogP contribution in [0.25, 0.3) is 0 Å². The Bertz CT molecular complexity index is 378. The molecule has 1 aliphatic rings. The predicted octanol–water partition coefficient (Wildman–Crippen LogP) is 1.58. The summed E-state index contributed by atoms with van der Waals surface area (Å²) in [5, 5.41) is 11.7. The Morgan fingerprint density at radius 1 is 1.75 bits per heavy atom. The molecule has 1 saturated heterocycles. The van der Waals surface area contributed by atoms with Crippen LogP contribution < -0.4 is 0 Å². The molecule has 0 aliphatic carbocycles. The molecule has 88 valence electrons. The molecule has 4 nitrogen and oxygen atoms in total. The SMILES string of the molecule is CCN1CCC(c2nc(CC(=O)O)cs2)C1. The maximum atomic E-state index is 10.6. The van der Waals surface area contributed by atoms with Gasteiger partial charge in [-0.25, -0.2) is 4.98 Å². The van der Waals surface area contributed by atoms with E-state index >= 15 is 0 Å². The Labute approximate surface area is 98.9 Å². The lowest BCUT2D eigenvalue weighted by atomic mass is 10.1. The fourth-order valence-electron chi connectivity index (χ4n) is 2.07. The standard InChI is InChI=1S/C11H16N2O2S/c1-2-13-4-3-8(6-13)11-12-9(7-16-11)5-10(14)15/h7-8H,2-6H2,1H3,(H,14,15). The van der Waals surface area contributed by atoms with Crippen LogP contribution in [0, 0.1) is 0 Å². The zero-order chi connectivity index (χ0) is 11.5. The van der Waals surface area contributed by atoms with E-state index in [1.807, 2.05) is 5.38 Å². The predicted molar refractivity (Wildman–Crippen MR) is 62.9 cm³/mol. The van der Waals surface area contributed by atoms with Gasteiger partial charge in [0, 0.05) is 17.8 Å². The number of hydrogen-bond acceptors (Lipinski definition) is 4. The van der Waals surface area contributed by atoms with Crippen LogP contribution in [-0.4, -0.2) is 40.6 Å². The fourth-order valence-corrected chi connectivity index (χ4v) is 3.02. The molecule has 0 aromatic carbocycles. The Balaban J connectivity index is 1.99. The molecular formula is C11H16N2O2S. The fraction of sp³-hybridized carbons (Fsp3) is 0.636. The Morgan fingerprint density at radius 2 is 2.56 bits per heavy atom. The van der Waals surface area contributed by atoms with Crippen molar-refractivity contribution in [3.8, 4) is 0 Å². The number of carbonyl (C=O) groups is 1. The van der Waals surface area contributed by atoms with Crippen molar-refractivity contribution in [2.24, 2.45) is 0 Å². The van der Waals surface area contributed by atoms with Crippen LogP contribution in [0.4, 0.5) is 0 Å². The minimum atomic E-state index is -0.807. The molecule has 1 aromatic rings. The monoisotopic (exact) mass is 240 g/mol. The van der Waals surface area contributed by atoms with Gasteiger partial charge in [0.05, 0.1) is 17.1 Å². The number of carboxylic acid groups (broad SMARTS) is 1. The van der Waals surface area contributed by atoms with Crippen molar-refractivity contribution < 1.29 is 9.90 Å². The number of rotatable bonds is 4. The van der Waals surface area contributed by atoms with E-state index in [1.54, 1.807) is 11.3 Å². The lowest BCUT2D eigenvalue weighted by Gasteiger charge is -2.11. The van der Waals surface area contributed by atoms with Gasteiger partial charge in [0.1, 0.15) is 0 Å². The Kier molecular flexibility index (Phi) is 3.56. The first-order chi connectivity index (χ1) is 7.69. The van der Waals surface area contributed by atoms with Gasteiger partial charge in [-0.2, -0.15) is 0 Å². The normalized spacial score (nSPS) is 21.4. The summed E-state index contributed by atoms with van der Waals surface area (Å²) in [5.41, 5.74) is 0.697. The maximum absolute atomic E-state index is 10.6. The molecule has 2 rings (SSSR count). The summed E-state index contributed by atoms with van der Waals surface area (Å²) in [7, 11) is 0. The van der Waals surface area contributed by atoms with E-state index in [1.165, 1.54) is 0 Å². The molecule has 5 heteroatoms. The molecule has 1 unspecified atom stereocenters. The molecule has 0 saturated carbocycles. The second-order valence-electron chi connectivity index (χ2n) is 4.13. The lowest BCUT2D eigenvalue weighted by Crippen LogP contribution is -2.19. The molecule has 1 fully saturated rings. The zero-order valence-electron chi connectivity index (χ0n) is 9.35. The van der Waals surface area contributed by atoms with Gasteiger partial charge < -0.3 is 10.0 Å². The second-order valence-corrected chi connectivity index (χ2v) is 5.02. The first-order valence-electron chi connectivity index (χ1n) is 5.57. The van der Waals surface area contributed by atoms with Gasteiger partial charge in [-0.05, 0) is 19.5 Å². The Hall–Kier alpha value is -0.940. The number of aromatic nitrogens is 1. The molecule has 1 N–H and O–H groups in total. The van der Waals surface area contributed by atoms with Crippen LogP contribution in [0.3, 0.4) is 0 Å². The van der Waals surface area contributed by atoms with Crippen molar-refractivity contribution >= 4 is 17.3 Å². The van der Waals surface area contributed by atoms with Crippen LogP contribution in [0.1, 0.15) is 30.0 Å². The van der Waals surface area contributed by atoms with E-state index in [-0.39, 0.29) is 6.42 Å². The first-order valence-corrected chi connectivity index (χ1v) is 6.45. The van der Waals surface area contributed by atoms with Crippen LogP contribution in [-0.2, 0) is 11.2 Å². The first kappa shape index (κ1) is 11.5. The van der Waals surface area contributed by atoms with Crippen LogP contribution in [0.5, 0.6) is 0 Å². The van der Waals surface area contributed by atoms with Gasteiger partial charge in [0.15, 0.2) is 0 Å². The van der Waals surface area contributed by atoms with Crippen molar-refractivity contribution in [1.82, 2.24) is 9.88 Å². The number of aliphatic carboxylic acids is 1. The summed E-state index contributed by atoms with van der Waals surface area (Å²) in [6.07, 6.45) is 1.19. The van der Waals surface area contributed by atoms with E-state index in [2.05, 4.69) is 16.8 Å². The van der Waals surface area contributed by atoms with Crippen molar-refractivity contribution in [1.29, 1.82) is 0 Å². The average Bonchev–Trinajstić information content (AvgIpc) is 2.83. The number of nitrogens with zero attached hydrogens (tertiary/aromatic N) is 2. The summed E-state index contributed by atoms with van der Waals surface area (Å²) in [5.74, 6) is -0.300.